The van der Waals surface area contributed by atoms with Crippen molar-refractivity contribution in [2.24, 2.45) is 0 Å². The van der Waals surface area contributed by atoms with Gasteiger partial charge < -0.3 is 10.2 Å². The van der Waals surface area contributed by atoms with Crippen LogP contribution >= 0.6 is 0 Å². The Labute approximate surface area is 117 Å². The molecule has 0 heterocycles. The molecule has 0 bridgehead atoms. The maximum absolute atomic E-state index is 12.0. The standard InChI is InChI=1S/C16H26N2O/c1-6-13-9-8-10-14(7-2)16(13)17-11-15(19)18(5)12(3)4/h8-10,12,17H,6-7,11H2,1-5H3. The normalized spacial score (nSPS) is 10.6. The number of hydrogen-bond acceptors (Lipinski definition) is 2. The number of aryl methyl sites for hydroxylation is 2. The predicted octanol–water partition coefficient (Wildman–Crippen LogP) is 3.09. The molecule has 0 saturated heterocycles. The summed E-state index contributed by atoms with van der Waals surface area (Å²) in [6, 6.07) is 6.57. The van der Waals surface area contributed by atoms with E-state index in [-0.39, 0.29) is 11.9 Å². The molecule has 0 spiro atoms. The Balaban J connectivity index is 2.79. The molecular formula is C16H26N2O. The van der Waals surface area contributed by atoms with E-state index in [9.17, 15) is 4.79 Å². The van der Waals surface area contributed by atoms with Crippen molar-refractivity contribution in [3.63, 3.8) is 0 Å². The van der Waals surface area contributed by atoms with Gasteiger partial charge in [0.25, 0.3) is 0 Å². The third-order valence-corrected chi connectivity index (χ3v) is 3.58. The number of hydrogen-bond donors (Lipinski definition) is 1. The summed E-state index contributed by atoms with van der Waals surface area (Å²) in [5, 5.41) is 3.33. The molecule has 0 aliphatic rings. The summed E-state index contributed by atoms with van der Waals surface area (Å²) in [4.78, 5) is 13.8. The van der Waals surface area contributed by atoms with Crippen LogP contribution in [0.4, 0.5) is 5.69 Å². The highest BCUT2D eigenvalue weighted by Crippen LogP contribution is 2.22. The zero-order valence-corrected chi connectivity index (χ0v) is 12.8. The van der Waals surface area contributed by atoms with Crippen LogP contribution in [0, 0.1) is 0 Å². The van der Waals surface area contributed by atoms with Crippen molar-refractivity contribution in [2.75, 3.05) is 18.9 Å². The lowest BCUT2D eigenvalue weighted by Gasteiger charge is -2.23. The maximum atomic E-state index is 12.0. The Kier molecular flexibility index (Phi) is 5.87. The molecule has 0 atom stereocenters. The largest absolute Gasteiger partial charge is 0.376 e. The van der Waals surface area contributed by atoms with Gasteiger partial charge in [-0.3, -0.25) is 4.79 Å². The van der Waals surface area contributed by atoms with Gasteiger partial charge in [0.15, 0.2) is 0 Å². The van der Waals surface area contributed by atoms with Gasteiger partial charge >= 0.3 is 0 Å². The van der Waals surface area contributed by atoms with Gasteiger partial charge in [0.2, 0.25) is 5.91 Å². The first-order valence-electron chi connectivity index (χ1n) is 7.11. The number of carbonyl (C=O) groups is 1. The minimum atomic E-state index is 0.128. The molecule has 0 aliphatic heterocycles. The fraction of sp³-hybridized carbons (Fsp3) is 0.562. The average Bonchev–Trinajstić information content (AvgIpc) is 2.42. The Hall–Kier alpha value is -1.51. The van der Waals surface area contributed by atoms with Crippen LogP contribution in [0.2, 0.25) is 0 Å². The first-order chi connectivity index (χ1) is 9.01. The van der Waals surface area contributed by atoms with Crippen LogP contribution in [0.5, 0.6) is 0 Å². The van der Waals surface area contributed by atoms with Crippen LogP contribution in [-0.2, 0) is 17.6 Å². The van der Waals surface area contributed by atoms with Gasteiger partial charge in [0.05, 0.1) is 6.54 Å². The van der Waals surface area contributed by atoms with Crippen LogP contribution in [0.25, 0.3) is 0 Å². The Morgan fingerprint density at radius 1 is 1.21 bits per heavy atom. The van der Waals surface area contributed by atoms with Gasteiger partial charge in [-0.2, -0.15) is 0 Å². The molecule has 3 nitrogen and oxygen atoms in total. The minimum absolute atomic E-state index is 0.128. The van der Waals surface area contributed by atoms with Gasteiger partial charge in [-0.1, -0.05) is 32.0 Å². The van der Waals surface area contributed by atoms with E-state index in [1.165, 1.54) is 11.1 Å². The Morgan fingerprint density at radius 2 is 1.74 bits per heavy atom. The van der Waals surface area contributed by atoms with Gasteiger partial charge in [-0.15, -0.1) is 0 Å². The lowest BCUT2D eigenvalue weighted by atomic mass is 10.0. The van der Waals surface area contributed by atoms with Crippen LogP contribution in [0.15, 0.2) is 18.2 Å². The fourth-order valence-corrected chi connectivity index (χ4v) is 2.05. The summed E-state index contributed by atoms with van der Waals surface area (Å²) in [6.07, 6.45) is 1.95. The summed E-state index contributed by atoms with van der Waals surface area (Å²) in [5.41, 5.74) is 3.69. The lowest BCUT2D eigenvalue weighted by Crippen LogP contribution is -2.37. The van der Waals surface area contributed by atoms with E-state index in [1.54, 1.807) is 4.90 Å². The summed E-state index contributed by atoms with van der Waals surface area (Å²) in [5.74, 6) is 0.128. The third kappa shape index (κ3) is 3.98. The van der Waals surface area contributed by atoms with Gasteiger partial charge in [-0.05, 0) is 37.8 Å². The smallest absolute Gasteiger partial charge is 0.241 e. The van der Waals surface area contributed by atoms with Crippen molar-refractivity contribution < 1.29 is 4.79 Å². The number of nitrogens with one attached hydrogen (secondary N) is 1. The summed E-state index contributed by atoms with van der Waals surface area (Å²) in [6.45, 7) is 8.69. The van der Waals surface area contributed by atoms with E-state index in [0.29, 0.717) is 6.54 Å². The van der Waals surface area contributed by atoms with E-state index in [1.807, 2.05) is 20.9 Å². The molecule has 1 amide bonds. The molecule has 1 aromatic rings. The number of anilines is 1. The van der Waals surface area contributed by atoms with Crippen LogP contribution in [0.1, 0.15) is 38.8 Å². The predicted molar refractivity (Wildman–Crippen MR) is 81.6 cm³/mol. The molecule has 0 aliphatic carbocycles. The highest BCUT2D eigenvalue weighted by Gasteiger charge is 2.13. The van der Waals surface area contributed by atoms with E-state index in [4.69, 9.17) is 0 Å². The van der Waals surface area contributed by atoms with Crippen molar-refractivity contribution >= 4 is 11.6 Å². The SMILES string of the molecule is CCc1cccc(CC)c1NCC(=O)N(C)C(C)C. The second kappa shape index (κ2) is 7.17. The molecule has 3 heteroatoms. The van der Waals surface area contributed by atoms with Crippen molar-refractivity contribution in [2.45, 2.75) is 46.6 Å². The van der Waals surface area contributed by atoms with Gasteiger partial charge in [0.1, 0.15) is 0 Å². The van der Waals surface area contributed by atoms with E-state index in [0.717, 1.165) is 18.5 Å². The summed E-state index contributed by atoms with van der Waals surface area (Å²) < 4.78 is 0. The monoisotopic (exact) mass is 262 g/mol. The molecule has 1 rings (SSSR count). The number of rotatable bonds is 6. The molecule has 0 unspecified atom stereocenters. The molecule has 0 fully saturated rings. The minimum Gasteiger partial charge on any atom is -0.376 e. The molecule has 19 heavy (non-hydrogen) atoms. The first kappa shape index (κ1) is 15.5. The summed E-state index contributed by atoms with van der Waals surface area (Å²) in [7, 11) is 1.85. The quantitative estimate of drug-likeness (QED) is 0.854. The highest BCUT2D eigenvalue weighted by molar-refractivity contribution is 5.81. The topological polar surface area (TPSA) is 32.3 Å². The highest BCUT2D eigenvalue weighted by atomic mass is 16.2. The number of nitrogens with zero attached hydrogens (tertiary/aromatic N) is 1. The van der Waals surface area contributed by atoms with Crippen molar-refractivity contribution in [1.82, 2.24) is 4.90 Å². The molecule has 0 radical (unpaired) electrons. The van der Waals surface area contributed by atoms with Gasteiger partial charge in [-0.25, -0.2) is 0 Å². The first-order valence-corrected chi connectivity index (χ1v) is 7.11. The van der Waals surface area contributed by atoms with E-state index < -0.39 is 0 Å². The van der Waals surface area contributed by atoms with Gasteiger partial charge in [0, 0.05) is 18.8 Å². The van der Waals surface area contributed by atoms with E-state index in [2.05, 4.69) is 37.4 Å². The lowest BCUT2D eigenvalue weighted by molar-refractivity contribution is -0.129. The number of benzene rings is 1. The van der Waals surface area contributed by atoms with Crippen LogP contribution < -0.4 is 5.32 Å². The summed E-state index contributed by atoms with van der Waals surface area (Å²) >= 11 is 0. The molecular weight excluding hydrogens is 236 g/mol. The van der Waals surface area contributed by atoms with Crippen molar-refractivity contribution in [1.29, 1.82) is 0 Å². The van der Waals surface area contributed by atoms with E-state index >= 15 is 0 Å². The number of carbonyl (C=O) groups excluding carboxylic acids is 1. The molecule has 0 saturated carbocycles. The van der Waals surface area contributed by atoms with Crippen LogP contribution in [0.3, 0.4) is 0 Å². The second-order valence-electron chi connectivity index (χ2n) is 5.11. The molecule has 1 aromatic carbocycles. The number of likely N-dealkylation sites (N-methyl/N-ethyl adjacent to an activating group) is 1. The number of amides is 1. The van der Waals surface area contributed by atoms with Crippen molar-refractivity contribution in [3.8, 4) is 0 Å². The molecule has 0 aromatic heterocycles. The zero-order valence-electron chi connectivity index (χ0n) is 12.8. The Morgan fingerprint density at radius 3 is 2.16 bits per heavy atom. The van der Waals surface area contributed by atoms with Crippen molar-refractivity contribution in [3.05, 3.63) is 29.3 Å². The second-order valence-corrected chi connectivity index (χ2v) is 5.11. The third-order valence-electron chi connectivity index (χ3n) is 3.58. The maximum Gasteiger partial charge on any atom is 0.241 e. The van der Waals surface area contributed by atoms with Crippen LogP contribution in [-0.4, -0.2) is 30.4 Å². The Bertz CT molecular complexity index is 405. The number of para-hydroxylation sites is 1. The fourth-order valence-electron chi connectivity index (χ4n) is 2.05. The molecule has 106 valence electrons. The zero-order chi connectivity index (χ0) is 14.4. The molecule has 1 N–H and O–H groups in total. The average molecular weight is 262 g/mol.